The van der Waals surface area contributed by atoms with E-state index in [0.29, 0.717) is 17.7 Å². The van der Waals surface area contributed by atoms with Crippen LogP contribution in [0.4, 0.5) is 18.9 Å². The summed E-state index contributed by atoms with van der Waals surface area (Å²) in [6.45, 7) is 0. The van der Waals surface area contributed by atoms with Gasteiger partial charge in [0.25, 0.3) is 11.8 Å². The maximum Gasteiger partial charge on any atom is 0.417 e. The largest absolute Gasteiger partial charge is 0.417 e. The second-order valence-electron chi connectivity index (χ2n) is 7.96. The molecule has 8 heteroatoms. The molecule has 5 rings (SSSR count). The minimum Gasteiger partial charge on any atom is -0.322 e. The van der Waals surface area contributed by atoms with Crippen molar-refractivity contribution in [2.75, 3.05) is 5.32 Å². The highest BCUT2D eigenvalue weighted by atomic mass is 127. The third-order valence-electron chi connectivity index (χ3n) is 5.86. The van der Waals surface area contributed by atoms with Gasteiger partial charge in [0.05, 0.1) is 16.7 Å². The van der Waals surface area contributed by atoms with Crippen molar-refractivity contribution in [3.63, 3.8) is 0 Å². The molecule has 0 saturated heterocycles. The highest BCUT2D eigenvalue weighted by Crippen LogP contribution is 2.41. The van der Waals surface area contributed by atoms with E-state index in [9.17, 15) is 22.8 Å². The maximum absolute atomic E-state index is 13.4. The van der Waals surface area contributed by atoms with E-state index in [-0.39, 0.29) is 5.91 Å². The van der Waals surface area contributed by atoms with Gasteiger partial charge >= 0.3 is 6.18 Å². The molecule has 1 aliphatic heterocycles. The van der Waals surface area contributed by atoms with Gasteiger partial charge in [0, 0.05) is 5.69 Å². The minimum atomic E-state index is -4.65. The Morgan fingerprint density at radius 3 is 2.47 bits per heavy atom. The van der Waals surface area contributed by atoms with Crippen molar-refractivity contribution in [3.05, 3.63) is 100 Å². The highest BCUT2D eigenvalue weighted by molar-refractivity contribution is 14.2. The fourth-order valence-corrected chi connectivity index (χ4v) is 6.11. The molecule has 0 unspecified atom stereocenters. The summed E-state index contributed by atoms with van der Waals surface area (Å²) >= 11 is -0.722. The van der Waals surface area contributed by atoms with Crippen molar-refractivity contribution in [1.82, 2.24) is 3.53 Å². The van der Waals surface area contributed by atoms with Gasteiger partial charge in [0.15, 0.2) is 0 Å². The quantitative estimate of drug-likeness (QED) is 0.287. The third kappa shape index (κ3) is 4.18. The summed E-state index contributed by atoms with van der Waals surface area (Å²) in [7, 11) is 0. The Morgan fingerprint density at radius 1 is 0.971 bits per heavy atom. The lowest BCUT2D eigenvalue weighted by Crippen LogP contribution is -2.20. The van der Waals surface area contributed by atoms with Crippen molar-refractivity contribution in [1.29, 1.82) is 0 Å². The van der Waals surface area contributed by atoms with Crippen LogP contribution in [0, 0.1) is 0 Å². The number of hydrogen-bond donors (Lipinski definition) is 2. The fourth-order valence-electron chi connectivity index (χ4n) is 4.38. The normalized spacial score (nSPS) is 15.1. The van der Waals surface area contributed by atoms with Crippen molar-refractivity contribution >= 4 is 53.7 Å². The molecule has 34 heavy (non-hydrogen) atoms. The topological polar surface area (TPSA) is 58.2 Å². The van der Waals surface area contributed by atoms with E-state index in [1.807, 2.05) is 30.3 Å². The van der Waals surface area contributed by atoms with Crippen LogP contribution in [0.5, 0.6) is 0 Å². The predicted octanol–water partition coefficient (Wildman–Crippen LogP) is 6.25. The molecule has 0 spiro atoms. The zero-order valence-electron chi connectivity index (χ0n) is 17.7. The summed E-state index contributed by atoms with van der Waals surface area (Å²) in [4.78, 5) is 25.7. The lowest BCUT2D eigenvalue weighted by Gasteiger charge is -2.24. The molecular formula is C26H18F3IN2O2. The van der Waals surface area contributed by atoms with Crippen LogP contribution in [-0.2, 0) is 12.6 Å². The van der Waals surface area contributed by atoms with Crippen LogP contribution in [0.1, 0.15) is 49.4 Å². The van der Waals surface area contributed by atoms with E-state index < -0.39 is 44.2 Å². The maximum atomic E-state index is 13.4. The molecule has 3 aromatic rings. The van der Waals surface area contributed by atoms with Gasteiger partial charge < -0.3 is 5.32 Å². The van der Waals surface area contributed by atoms with E-state index in [1.54, 1.807) is 12.1 Å². The summed E-state index contributed by atoms with van der Waals surface area (Å²) < 4.78 is 45.2. The average Bonchev–Trinajstić information content (AvgIpc) is 2.99. The summed E-state index contributed by atoms with van der Waals surface area (Å²) in [6.07, 6.45) is -3.24. The Balaban J connectivity index is 1.57. The fraction of sp³-hybridized carbons (Fsp3) is 0.115. The molecule has 0 saturated carbocycles. The smallest absolute Gasteiger partial charge is 0.322 e. The lowest BCUT2D eigenvalue weighted by atomic mass is 9.80. The molecule has 0 aromatic heterocycles. The Bertz CT molecular complexity index is 1380. The number of alkyl halides is 3. The Morgan fingerprint density at radius 2 is 1.71 bits per heavy atom. The van der Waals surface area contributed by atoms with Gasteiger partial charge in [0.2, 0.25) is 0 Å². The molecule has 0 bridgehead atoms. The van der Waals surface area contributed by atoms with E-state index >= 15 is 0 Å². The number of nitrogens with one attached hydrogen (secondary N) is 2. The number of benzene rings is 3. The first-order valence-electron chi connectivity index (χ1n) is 10.5. The van der Waals surface area contributed by atoms with E-state index in [4.69, 9.17) is 0 Å². The van der Waals surface area contributed by atoms with Crippen LogP contribution in [0.25, 0.3) is 11.1 Å². The summed E-state index contributed by atoms with van der Waals surface area (Å²) in [5.41, 5.74) is 4.28. The highest BCUT2D eigenvalue weighted by Gasteiger charge is 2.35. The summed E-state index contributed by atoms with van der Waals surface area (Å²) in [5.74, 6) is -1.11. The number of carbonyl (C=O) groups excluding carboxylic acids is 2. The average molecular weight is 574 g/mol. The summed E-state index contributed by atoms with van der Waals surface area (Å²) in [5, 5.41) is 2.58. The van der Waals surface area contributed by atoms with Crippen LogP contribution < -0.4 is 8.85 Å². The first kappa shape index (κ1) is 22.5. The molecule has 2 amide bonds. The molecule has 0 radical (unpaired) electrons. The number of aryl methyl sites for hydroxylation is 1. The van der Waals surface area contributed by atoms with Crippen LogP contribution in [0.2, 0.25) is 0 Å². The molecule has 1 aliphatic carbocycles. The van der Waals surface area contributed by atoms with Gasteiger partial charge in [0.1, 0.15) is 0 Å². The van der Waals surface area contributed by atoms with Crippen LogP contribution in [-0.4, -0.2) is 15.8 Å². The molecule has 2 aliphatic rings. The third-order valence-corrected chi connectivity index (χ3v) is 7.60. The van der Waals surface area contributed by atoms with Gasteiger partial charge in [-0.3, -0.25) is 13.1 Å². The zero-order valence-corrected chi connectivity index (χ0v) is 19.8. The standard InChI is InChI=1S/C26H18F3IN2O2/c27-26(28,29)22-9-5-4-8-19(22)24(33)31-17-12-16-10-11-18(15-6-2-1-3-7-15)21-14-30-32-25(34)20(13-17)23(16)21/h1-9,12-14H,10-11H2,(H,31,33)(H,32,34). The number of halogens is 4. The van der Waals surface area contributed by atoms with E-state index in [2.05, 4.69) is 12.9 Å². The lowest BCUT2D eigenvalue weighted by molar-refractivity contribution is -0.137. The van der Waals surface area contributed by atoms with E-state index in [1.165, 1.54) is 17.7 Å². The van der Waals surface area contributed by atoms with Crippen LogP contribution >= 0.6 is 21.0 Å². The summed E-state index contributed by atoms with van der Waals surface area (Å²) in [6, 6.07) is 18.0. The molecule has 4 nitrogen and oxygen atoms in total. The van der Waals surface area contributed by atoms with Gasteiger partial charge in [-0.15, -0.1) is 0 Å². The molecule has 172 valence electrons. The molecular weight excluding hydrogens is 556 g/mol. The van der Waals surface area contributed by atoms with Crippen molar-refractivity contribution in [2.45, 2.75) is 19.0 Å². The van der Waals surface area contributed by atoms with Gasteiger partial charge in [-0.05, 0) is 90.0 Å². The van der Waals surface area contributed by atoms with Gasteiger partial charge in [-0.25, -0.2) is 0 Å². The van der Waals surface area contributed by atoms with Gasteiger partial charge in [-0.2, -0.15) is 13.2 Å². The molecule has 0 atom stereocenters. The monoisotopic (exact) mass is 574 g/mol. The number of hydrogen-bond acceptors (Lipinski definition) is 2. The molecule has 0 fully saturated rings. The number of allylic oxidation sites excluding steroid dienone is 2. The number of anilines is 1. The molecule has 3 aromatic carbocycles. The van der Waals surface area contributed by atoms with Crippen molar-refractivity contribution < 1.29 is 22.8 Å². The Labute approximate surface area is 204 Å². The number of rotatable bonds is 3. The predicted molar refractivity (Wildman–Crippen MR) is 135 cm³/mol. The first-order valence-corrected chi connectivity index (χ1v) is 12.8. The number of amides is 2. The van der Waals surface area contributed by atoms with Crippen LogP contribution in [0.15, 0.2) is 66.7 Å². The Hall–Kier alpha value is -3.27. The first-order chi connectivity index (χ1) is 16.3. The SMILES string of the molecule is O=C(Nc1cc2c3c(c1)C(=O)NI=CC3=C(c1ccccc1)CC2)c1ccccc1C(F)(F)F. The Kier molecular flexibility index (Phi) is 5.85. The van der Waals surface area contributed by atoms with Crippen molar-refractivity contribution in [2.24, 2.45) is 0 Å². The van der Waals surface area contributed by atoms with E-state index in [0.717, 1.165) is 40.8 Å². The zero-order chi connectivity index (χ0) is 23.9. The number of carbonyl (C=O) groups is 2. The second kappa shape index (κ2) is 8.83. The minimum absolute atomic E-state index is 0.239. The van der Waals surface area contributed by atoms with Gasteiger partial charge in [-0.1, -0.05) is 42.5 Å². The second-order valence-corrected chi connectivity index (χ2v) is 9.74. The molecule has 1 heterocycles. The van der Waals surface area contributed by atoms with Crippen molar-refractivity contribution in [3.8, 4) is 0 Å². The molecule has 2 N–H and O–H groups in total. The van der Waals surface area contributed by atoms with Crippen LogP contribution in [0.3, 0.4) is 0 Å².